The number of aromatic nitrogens is 1. The van der Waals surface area contributed by atoms with Crippen LogP contribution in [0.5, 0.6) is 0 Å². The van der Waals surface area contributed by atoms with Gasteiger partial charge in [0, 0.05) is 19.3 Å². The summed E-state index contributed by atoms with van der Waals surface area (Å²) < 4.78 is 0. The SMILES string of the molecule is Cc1cccnc1C1=CCN(CC(=O)Nc2cccc(Cl)c2Cl)CC1. The molecular weight excluding hydrogens is 357 g/mol. The van der Waals surface area contributed by atoms with Gasteiger partial charge in [0.2, 0.25) is 5.91 Å². The van der Waals surface area contributed by atoms with E-state index in [-0.39, 0.29) is 5.91 Å². The van der Waals surface area contributed by atoms with E-state index in [4.69, 9.17) is 23.2 Å². The number of hydrogen-bond acceptors (Lipinski definition) is 3. The summed E-state index contributed by atoms with van der Waals surface area (Å²) in [6, 6.07) is 9.20. The molecule has 3 rings (SSSR count). The van der Waals surface area contributed by atoms with E-state index in [0.717, 1.165) is 25.2 Å². The fourth-order valence-electron chi connectivity index (χ4n) is 2.88. The van der Waals surface area contributed by atoms with Crippen molar-refractivity contribution in [3.63, 3.8) is 0 Å². The van der Waals surface area contributed by atoms with Crippen molar-refractivity contribution < 1.29 is 4.79 Å². The van der Waals surface area contributed by atoms with Crippen LogP contribution in [0.3, 0.4) is 0 Å². The summed E-state index contributed by atoms with van der Waals surface area (Å²) in [6.45, 7) is 3.92. The van der Waals surface area contributed by atoms with Gasteiger partial charge in [0.15, 0.2) is 0 Å². The van der Waals surface area contributed by atoms with E-state index in [0.29, 0.717) is 22.3 Å². The van der Waals surface area contributed by atoms with Crippen LogP contribution >= 0.6 is 23.2 Å². The van der Waals surface area contributed by atoms with Crippen LogP contribution in [0.4, 0.5) is 5.69 Å². The van der Waals surface area contributed by atoms with Gasteiger partial charge in [-0.2, -0.15) is 0 Å². The van der Waals surface area contributed by atoms with Gasteiger partial charge in [-0.3, -0.25) is 14.7 Å². The molecule has 130 valence electrons. The molecule has 0 aliphatic carbocycles. The lowest BCUT2D eigenvalue weighted by Crippen LogP contribution is -2.36. The van der Waals surface area contributed by atoms with Crippen molar-refractivity contribution in [1.82, 2.24) is 9.88 Å². The van der Waals surface area contributed by atoms with Crippen LogP contribution < -0.4 is 5.32 Å². The Kier molecular flexibility index (Phi) is 5.74. The third kappa shape index (κ3) is 4.40. The Balaban J connectivity index is 1.59. The van der Waals surface area contributed by atoms with E-state index in [1.165, 1.54) is 11.1 Å². The Hall–Kier alpha value is -1.88. The fourth-order valence-corrected chi connectivity index (χ4v) is 3.23. The number of amides is 1. The molecular formula is C19H19Cl2N3O. The Bertz CT molecular complexity index is 820. The van der Waals surface area contributed by atoms with E-state index >= 15 is 0 Å². The molecule has 0 fully saturated rings. The second-order valence-corrected chi connectivity index (χ2v) is 6.82. The second kappa shape index (κ2) is 8.00. The van der Waals surface area contributed by atoms with Crippen LogP contribution in [-0.2, 0) is 4.79 Å². The molecule has 0 saturated heterocycles. The first-order valence-electron chi connectivity index (χ1n) is 8.12. The van der Waals surface area contributed by atoms with Gasteiger partial charge in [0.1, 0.15) is 0 Å². The number of aryl methyl sites for hydroxylation is 1. The average molecular weight is 376 g/mol. The summed E-state index contributed by atoms with van der Waals surface area (Å²) in [5.74, 6) is -0.102. The van der Waals surface area contributed by atoms with Gasteiger partial charge >= 0.3 is 0 Å². The average Bonchev–Trinajstić information content (AvgIpc) is 2.60. The predicted octanol–water partition coefficient (Wildman–Crippen LogP) is 4.42. The minimum Gasteiger partial charge on any atom is -0.324 e. The van der Waals surface area contributed by atoms with Crippen molar-refractivity contribution in [3.8, 4) is 0 Å². The first-order chi connectivity index (χ1) is 12.0. The summed E-state index contributed by atoms with van der Waals surface area (Å²) in [5, 5.41) is 3.61. The Morgan fingerprint density at radius 2 is 2.12 bits per heavy atom. The second-order valence-electron chi connectivity index (χ2n) is 6.03. The summed E-state index contributed by atoms with van der Waals surface area (Å²) in [6.07, 6.45) is 4.85. The van der Waals surface area contributed by atoms with Crippen LogP contribution in [-0.4, -0.2) is 35.4 Å². The zero-order valence-corrected chi connectivity index (χ0v) is 15.4. The van der Waals surface area contributed by atoms with E-state index < -0.39 is 0 Å². The summed E-state index contributed by atoms with van der Waals surface area (Å²) in [4.78, 5) is 18.8. The summed E-state index contributed by atoms with van der Waals surface area (Å²) in [7, 11) is 0. The Labute approximate surface area is 157 Å². The monoisotopic (exact) mass is 375 g/mol. The number of carbonyl (C=O) groups excluding carboxylic acids is 1. The van der Waals surface area contributed by atoms with E-state index in [9.17, 15) is 4.79 Å². The van der Waals surface area contributed by atoms with Gasteiger partial charge in [-0.05, 0) is 42.7 Å². The normalized spacial score (nSPS) is 14.9. The number of halogens is 2. The third-order valence-electron chi connectivity index (χ3n) is 4.20. The number of nitrogens with one attached hydrogen (secondary N) is 1. The lowest BCUT2D eigenvalue weighted by atomic mass is 10.0. The molecule has 0 atom stereocenters. The van der Waals surface area contributed by atoms with Gasteiger partial charge < -0.3 is 5.32 Å². The predicted molar refractivity (Wildman–Crippen MR) is 103 cm³/mol. The largest absolute Gasteiger partial charge is 0.324 e. The molecule has 0 unspecified atom stereocenters. The zero-order valence-electron chi connectivity index (χ0n) is 13.9. The van der Waals surface area contributed by atoms with Crippen molar-refractivity contribution in [1.29, 1.82) is 0 Å². The highest BCUT2D eigenvalue weighted by molar-refractivity contribution is 6.44. The number of carbonyl (C=O) groups is 1. The molecule has 2 heterocycles. The maximum absolute atomic E-state index is 12.3. The summed E-state index contributed by atoms with van der Waals surface area (Å²) >= 11 is 12.1. The molecule has 0 bridgehead atoms. The van der Waals surface area contributed by atoms with E-state index in [1.54, 1.807) is 18.2 Å². The maximum Gasteiger partial charge on any atom is 0.238 e. The van der Waals surface area contributed by atoms with Crippen LogP contribution in [0.15, 0.2) is 42.6 Å². The topological polar surface area (TPSA) is 45.2 Å². The van der Waals surface area contributed by atoms with Crippen molar-refractivity contribution in [3.05, 3.63) is 63.9 Å². The van der Waals surface area contributed by atoms with Gasteiger partial charge in [-0.1, -0.05) is 41.4 Å². The van der Waals surface area contributed by atoms with Crippen LogP contribution in [0.2, 0.25) is 10.0 Å². The van der Waals surface area contributed by atoms with Gasteiger partial charge in [0.05, 0.1) is 28.0 Å². The zero-order chi connectivity index (χ0) is 17.8. The first-order valence-corrected chi connectivity index (χ1v) is 8.87. The molecule has 1 aliphatic heterocycles. The quantitative estimate of drug-likeness (QED) is 0.859. The highest BCUT2D eigenvalue weighted by atomic mass is 35.5. The van der Waals surface area contributed by atoms with Gasteiger partial charge in [0.25, 0.3) is 0 Å². The van der Waals surface area contributed by atoms with Crippen molar-refractivity contribution in [2.45, 2.75) is 13.3 Å². The lowest BCUT2D eigenvalue weighted by Gasteiger charge is -2.26. The van der Waals surface area contributed by atoms with Gasteiger partial charge in [-0.15, -0.1) is 0 Å². The fraction of sp³-hybridized carbons (Fsp3) is 0.263. The molecule has 25 heavy (non-hydrogen) atoms. The number of benzene rings is 1. The number of pyridine rings is 1. The lowest BCUT2D eigenvalue weighted by molar-refractivity contribution is -0.117. The van der Waals surface area contributed by atoms with Crippen molar-refractivity contribution >= 4 is 40.4 Å². The molecule has 0 radical (unpaired) electrons. The molecule has 2 aromatic rings. The summed E-state index contributed by atoms with van der Waals surface area (Å²) in [5.41, 5.74) is 4.01. The van der Waals surface area contributed by atoms with Gasteiger partial charge in [-0.25, -0.2) is 0 Å². The smallest absolute Gasteiger partial charge is 0.238 e. The van der Waals surface area contributed by atoms with Crippen molar-refractivity contribution in [2.24, 2.45) is 0 Å². The van der Waals surface area contributed by atoms with Crippen molar-refractivity contribution in [2.75, 3.05) is 25.0 Å². The molecule has 4 nitrogen and oxygen atoms in total. The molecule has 6 heteroatoms. The maximum atomic E-state index is 12.3. The molecule has 1 aromatic heterocycles. The molecule has 1 aromatic carbocycles. The Morgan fingerprint density at radius 3 is 2.84 bits per heavy atom. The highest BCUT2D eigenvalue weighted by Gasteiger charge is 2.18. The number of anilines is 1. The molecule has 0 spiro atoms. The first kappa shape index (κ1) is 17.9. The molecule has 0 saturated carbocycles. The number of nitrogens with zero attached hydrogens (tertiary/aromatic N) is 2. The van der Waals surface area contributed by atoms with Crippen LogP contribution in [0.25, 0.3) is 5.57 Å². The third-order valence-corrected chi connectivity index (χ3v) is 5.02. The van der Waals surface area contributed by atoms with E-state index in [2.05, 4.69) is 34.3 Å². The standard InChI is InChI=1S/C19H19Cl2N3O/c1-13-4-3-9-22-19(13)14-7-10-24(11-8-14)12-17(25)23-16-6-2-5-15(20)18(16)21/h2-7,9H,8,10-12H2,1H3,(H,23,25). The molecule has 1 aliphatic rings. The minimum atomic E-state index is -0.102. The van der Waals surface area contributed by atoms with Crippen LogP contribution in [0, 0.1) is 6.92 Å². The molecule has 1 N–H and O–H groups in total. The minimum absolute atomic E-state index is 0.102. The van der Waals surface area contributed by atoms with Crippen LogP contribution in [0.1, 0.15) is 17.7 Å². The van der Waals surface area contributed by atoms with E-state index in [1.807, 2.05) is 12.3 Å². The number of rotatable bonds is 4. The highest BCUT2D eigenvalue weighted by Crippen LogP contribution is 2.29. The number of hydrogen-bond donors (Lipinski definition) is 1. The Morgan fingerprint density at radius 1 is 1.28 bits per heavy atom. The molecule has 1 amide bonds.